The first-order chi connectivity index (χ1) is 9.65. The van der Waals surface area contributed by atoms with Crippen molar-refractivity contribution < 1.29 is 19.0 Å². The van der Waals surface area contributed by atoms with Gasteiger partial charge in [0.15, 0.2) is 11.6 Å². The van der Waals surface area contributed by atoms with Crippen LogP contribution in [0.4, 0.5) is 4.39 Å². The maximum Gasteiger partial charge on any atom is 0.254 e. The number of amides is 1. The summed E-state index contributed by atoms with van der Waals surface area (Å²) >= 11 is 0. The monoisotopic (exact) mass is 282 g/mol. The number of rotatable bonds is 4. The number of halogens is 1. The zero-order valence-electron chi connectivity index (χ0n) is 11.5. The minimum Gasteiger partial charge on any atom is -0.494 e. The van der Waals surface area contributed by atoms with Crippen LogP contribution in [-0.2, 0) is 0 Å². The van der Waals surface area contributed by atoms with Crippen LogP contribution in [0.15, 0.2) is 18.2 Å². The van der Waals surface area contributed by atoms with Gasteiger partial charge in [-0.15, -0.1) is 0 Å². The lowest BCUT2D eigenvalue weighted by Crippen LogP contribution is -2.49. The SMILES string of the molecule is COc1ccc(C(=O)N2CCN(CCO)CC2)cc1F. The Bertz CT molecular complexity index is 473. The molecule has 1 N–H and O–H groups in total. The molecule has 0 saturated carbocycles. The number of aliphatic hydroxyl groups is 1. The Balaban J connectivity index is 2.00. The molecule has 1 aromatic carbocycles. The van der Waals surface area contributed by atoms with Crippen molar-refractivity contribution in [1.29, 1.82) is 0 Å². The number of aliphatic hydroxyl groups excluding tert-OH is 1. The third-order valence-corrected chi connectivity index (χ3v) is 3.47. The topological polar surface area (TPSA) is 53.0 Å². The fourth-order valence-electron chi connectivity index (χ4n) is 2.30. The molecule has 5 nitrogen and oxygen atoms in total. The molecule has 0 atom stereocenters. The third-order valence-electron chi connectivity index (χ3n) is 3.47. The molecule has 1 saturated heterocycles. The summed E-state index contributed by atoms with van der Waals surface area (Å²) in [6.45, 7) is 3.38. The van der Waals surface area contributed by atoms with Crippen LogP contribution in [0.2, 0.25) is 0 Å². The predicted molar refractivity (Wildman–Crippen MR) is 72.4 cm³/mol. The number of β-amino-alcohol motifs (C(OH)–C–C–N with tert-alkyl or cyclic N) is 1. The summed E-state index contributed by atoms with van der Waals surface area (Å²) in [6.07, 6.45) is 0. The van der Waals surface area contributed by atoms with Crippen molar-refractivity contribution in [2.75, 3.05) is 46.4 Å². The minimum absolute atomic E-state index is 0.123. The maximum atomic E-state index is 13.6. The van der Waals surface area contributed by atoms with E-state index >= 15 is 0 Å². The highest BCUT2D eigenvalue weighted by atomic mass is 19.1. The van der Waals surface area contributed by atoms with E-state index in [1.807, 2.05) is 0 Å². The molecule has 0 aromatic heterocycles. The van der Waals surface area contributed by atoms with E-state index in [1.165, 1.54) is 19.2 Å². The molecular formula is C14H19FN2O3. The van der Waals surface area contributed by atoms with Crippen molar-refractivity contribution >= 4 is 5.91 Å². The van der Waals surface area contributed by atoms with Crippen LogP contribution in [0.5, 0.6) is 5.75 Å². The highest BCUT2D eigenvalue weighted by Crippen LogP contribution is 2.19. The molecular weight excluding hydrogens is 263 g/mol. The average molecular weight is 282 g/mol. The number of hydrogen-bond acceptors (Lipinski definition) is 4. The van der Waals surface area contributed by atoms with Gasteiger partial charge in [-0.05, 0) is 18.2 Å². The molecule has 0 radical (unpaired) electrons. The van der Waals surface area contributed by atoms with Crippen molar-refractivity contribution in [2.24, 2.45) is 0 Å². The lowest BCUT2D eigenvalue weighted by atomic mass is 10.1. The van der Waals surface area contributed by atoms with Crippen LogP contribution in [0, 0.1) is 5.82 Å². The number of ether oxygens (including phenoxy) is 1. The van der Waals surface area contributed by atoms with Gasteiger partial charge in [-0.3, -0.25) is 9.69 Å². The van der Waals surface area contributed by atoms with Gasteiger partial charge in [0.05, 0.1) is 13.7 Å². The van der Waals surface area contributed by atoms with E-state index < -0.39 is 5.82 Å². The number of nitrogens with zero attached hydrogens (tertiary/aromatic N) is 2. The fourth-order valence-corrected chi connectivity index (χ4v) is 2.30. The largest absolute Gasteiger partial charge is 0.494 e. The fraction of sp³-hybridized carbons (Fsp3) is 0.500. The van der Waals surface area contributed by atoms with Crippen LogP contribution in [-0.4, -0.2) is 67.3 Å². The van der Waals surface area contributed by atoms with Gasteiger partial charge in [-0.2, -0.15) is 0 Å². The van der Waals surface area contributed by atoms with Crippen LogP contribution in [0.3, 0.4) is 0 Å². The third kappa shape index (κ3) is 3.26. The molecule has 1 amide bonds. The van der Waals surface area contributed by atoms with Crippen LogP contribution in [0.1, 0.15) is 10.4 Å². The van der Waals surface area contributed by atoms with Gasteiger partial charge >= 0.3 is 0 Å². The number of piperazine rings is 1. The Morgan fingerprint density at radius 2 is 2.05 bits per heavy atom. The van der Waals surface area contributed by atoms with Crippen LogP contribution < -0.4 is 4.74 Å². The Kier molecular flexibility index (Phi) is 4.92. The Hall–Kier alpha value is -1.66. The molecule has 0 bridgehead atoms. The molecule has 0 spiro atoms. The summed E-state index contributed by atoms with van der Waals surface area (Å²) in [7, 11) is 1.39. The van der Waals surface area contributed by atoms with E-state index in [1.54, 1.807) is 11.0 Å². The van der Waals surface area contributed by atoms with Gasteiger partial charge in [0.1, 0.15) is 0 Å². The number of carbonyl (C=O) groups is 1. The van der Waals surface area contributed by atoms with Crippen molar-refractivity contribution in [3.05, 3.63) is 29.6 Å². The molecule has 1 fully saturated rings. The molecule has 0 aliphatic carbocycles. The second-order valence-electron chi connectivity index (χ2n) is 4.71. The normalized spacial score (nSPS) is 16.2. The zero-order valence-corrected chi connectivity index (χ0v) is 11.5. The Morgan fingerprint density at radius 3 is 2.60 bits per heavy atom. The van der Waals surface area contributed by atoms with E-state index in [0.29, 0.717) is 25.2 Å². The lowest BCUT2D eigenvalue weighted by molar-refractivity contribution is 0.0614. The van der Waals surface area contributed by atoms with Crippen LogP contribution >= 0.6 is 0 Å². The smallest absolute Gasteiger partial charge is 0.254 e. The first-order valence-electron chi connectivity index (χ1n) is 6.61. The maximum absolute atomic E-state index is 13.6. The summed E-state index contributed by atoms with van der Waals surface area (Å²) in [5.74, 6) is -0.568. The second-order valence-corrected chi connectivity index (χ2v) is 4.71. The average Bonchev–Trinajstić information content (AvgIpc) is 2.47. The van der Waals surface area contributed by atoms with E-state index in [4.69, 9.17) is 9.84 Å². The summed E-state index contributed by atoms with van der Waals surface area (Å²) in [5, 5.41) is 8.88. The van der Waals surface area contributed by atoms with Crippen molar-refractivity contribution in [3.63, 3.8) is 0 Å². The Morgan fingerprint density at radius 1 is 1.35 bits per heavy atom. The van der Waals surface area contributed by atoms with Crippen molar-refractivity contribution in [2.45, 2.75) is 0 Å². The van der Waals surface area contributed by atoms with Gasteiger partial charge in [0.2, 0.25) is 0 Å². The minimum atomic E-state index is -0.530. The quantitative estimate of drug-likeness (QED) is 0.878. The summed E-state index contributed by atoms with van der Waals surface area (Å²) < 4.78 is 18.4. The van der Waals surface area contributed by atoms with E-state index in [9.17, 15) is 9.18 Å². The summed E-state index contributed by atoms with van der Waals surface area (Å²) in [6, 6.07) is 4.25. The molecule has 1 aromatic rings. The molecule has 1 aliphatic rings. The first-order valence-corrected chi connectivity index (χ1v) is 6.61. The number of hydrogen-bond donors (Lipinski definition) is 1. The lowest BCUT2D eigenvalue weighted by Gasteiger charge is -2.34. The van der Waals surface area contributed by atoms with Gasteiger partial charge in [-0.25, -0.2) is 4.39 Å². The molecule has 2 rings (SSSR count). The predicted octanol–water partition coefficient (Wildman–Crippen LogP) is 0.584. The van der Waals surface area contributed by atoms with Gasteiger partial charge < -0.3 is 14.7 Å². The molecule has 20 heavy (non-hydrogen) atoms. The van der Waals surface area contributed by atoms with Crippen molar-refractivity contribution in [1.82, 2.24) is 9.80 Å². The van der Waals surface area contributed by atoms with Gasteiger partial charge in [0.25, 0.3) is 5.91 Å². The standard InChI is InChI=1S/C14H19FN2O3/c1-20-13-3-2-11(10-12(13)15)14(19)17-6-4-16(5-7-17)8-9-18/h2-3,10,18H,4-9H2,1H3. The summed E-state index contributed by atoms with van der Waals surface area (Å²) in [5.41, 5.74) is 0.332. The molecule has 0 unspecified atom stereocenters. The number of methoxy groups -OCH3 is 1. The molecule has 6 heteroatoms. The highest BCUT2D eigenvalue weighted by Gasteiger charge is 2.22. The Labute approximate surface area is 117 Å². The van der Waals surface area contributed by atoms with Crippen molar-refractivity contribution in [3.8, 4) is 5.75 Å². The van der Waals surface area contributed by atoms with E-state index in [-0.39, 0.29) is 18.3 Å². The highest BCUT2D eigenvalue weighted by molar-refractivity contribution is 5.94. The molecule has 110 valence electrons. The van der Waals surface area contributed by atoms with E-state index in [2.05, 4.69) is 4.90 Å². The second kappa shape index (κ2) is 6.67. The molecule has 1 heterocycles. The first kappa shape index (κ1) is 14.7. The van der Waals surface area contributed by atoms with Gasteiger partial charge in [0, 0.05) is 38.3 Å². The zero-order chi connectivity index (χ0) is 14.5. The van der Waals surface area contributed by atoms with Crippen LogP contribution in [0.25, 0.3) is 0 Å². The summed E-state index contributed by atoms with van der Waals surface area (Å²) in [4.78, 5) is 16.1. The number of benzene rings is 1. The van der Waals surface area contributed by atoms with E-state index in [0.717, 1.165) is 13.1 Å². The number of carbonyl (C=O) groups excluding carboxylic acids is 1. The van der Waals surface area contributed by atoms with Gasteiger partial charge in [-0.1, -0.05) is 0 Å². The molecule has 1 aliphatic heterocycles.